The summed E-state index contributed by atoms with van der Waals surface area (Å²) < 4.78 is 5.30. The summed E-state index contributed by atoms with van der Waals surface area (Å²) in [6.45, 7) is 2.03. The Morgan fingerprint density at radius 1 is 1.35 bits per heavy atom. The summed E-state index contributed by atoms with van der Waals surface area (Å²) in [7, 11) is 0. The fourth-order valence-electron chi connectivity index (χ4n) is 2.00. The Hall–Kier alpha value is -1.33. The van der Waals surface area contributed by atoms with Crippen LogP contribution in [0.15, 0.2) is 34.9 Å². The summed E-state index contributed by atoms with van der Waals surface area (Å²) in [4.78, 5) is 4.44. The van der Waals surface area contributed by atoms with Crippen LogP contribution in [0.3, 0.4) is 0 Å². The molecule has 0 spiro atoms. The molecule has 1 heterocycles. The van der Waals surface area contributed by atoms with E-state index < -0.39 is 6.10 Å². The summed E-state index contributed by atoms with van der Waals surface area (Å²) >= 11 is 1.63. The Bertz CT molecular complexity index is 554. The predicted molar refractivity (Wildman–Crippen MR) is 78.5 cm³/mol. The van der Waals surface area contributed by atoms with Crippen molar-refractivity contribution < 1.29 is 9.63 Å². The van der Waals surface area contributed by atoms with Crippen LogP contribution in [0.25, 0.3) is 0 Å². The van der Waals surface area contributed by atoms with Crippen molar-refractivity contribution in [2.24, 2.45) is 0 Å². The van der Waals surface area contributed by atoms with Crippen molar-refractivity contribution in [3.05, 3.63) is 47.6 Å². The number of aliphatic hydroxyl groups excluding tert-OH is 1. The Labute approximate surface area is 122 Å². The predicted octanol–water partition coefficient (Wildman–Crippen LogP) is 3.47. The van der Waals surface area contributed by atoms with Crippen LogP contribution in [0, 0.1) is 0 Å². The molecule has 1 N–H and O–H groups in total. The monoisotopic (exact) mass is 290 g/mol. The van der Waals surface area contributed by atoms with Crippen LogP contribution in [0.2, 0.25) is 0 Å². The lowest BCUT2D eigenvalue weighted by molar-refractivity contribution is 0.204. The average Bonchev–Trinajstić information content (AvgIpc) is 3.22. The fourth-order valence-corrected chi connectivity index (χ4v) is 2.90. The van der Waals surface area contributed by atoms with Gasteiger partial charge in [-0.1, -0.05) is 35.5 Å². The Balaban J connectivity index is 1.54. The van der Waals surface area contributed by atoms with Crippen LogP contribution in [-0.4, -0.2) is 21.0 Å². The van der Waals surface area contributed by atoms with Gasteiger partial charge in [0.2, 0.25) is 5.89 Å². The number of nitrogens with zero attached hydrogens (tertiary/aromatic N) is 2. The molecule has 0 saturated heterocycles. The summed E-state index contributed by atoms with van der Waals surface area (Å²) in [5.41, 5.74) is 0.941. The van der Waals surface area contributed by atoms with Crippen molar-refractivity contribution in [1.29, 1.82) is 0 Å². The molecule has 20 heavy (non-hydrogen) atoms. The van der Waals surface area contributed by atoms with Crippen molar-refractivity contribution in [2.75, 3.05) is 5.75 Å². The zero-order valence-corrected chi connectivity index (χ0v) is 12.2. The summed E-state index contributed by atoms with van der Waals surface area (Å²) in [6, 6.07) is 9.70. The van der Waals surface area contributed by atoms with E-state index in [2.05, 4.69) is 10.1 Å². The molecule has 2 atom stereocenters. The van der Waals surface area contributed by atoms with E-state index in [0.717, 1.165) is 11.4 Å². The first-order chi connectivity index (χ1) is 9.74. The van der Waals surface area contributed by atoms with E-state index in [9.17, 15) is 5.11 Å². The standard InChI is InChI=1S/C15H18N2O2S/c1-10(15-16-14(17-19-15)12-7-8-12)20-9-13(18)11-5-3-2-4-6-11/h2-6,10,12-13,18H,7-9H2,1H3/t10-,13+/m1/s1. The van der Waals surface area contributed by atoms with Gasteiger partial charge < -0.3 is 9.63 Å². The first-order valence-electron chi connectivity index (χ1n) is 6.92. The van der Waals surface area contributed by atoms with Crippen LogP contribution in [0.5, 0.6) is 0 Å². The first kappa shape index (κ1) is 13.6. The average molecular weight is 290 g/mol. The molecule has 3 rings (SSSR count). The van der Waals surface area contributed by atoms with Crippen molar-refractivity contribution in [1.82, 2.24) is 10.1 Å². The van der Waals surface area contributed by atoms with Gasteiger partial charge in [-0.2, -0.15) is 4.98 Å². The molecule has 1 fully saturated rings. The Kier molecular flexibility index (Phi) is 4.08. The van der Waals surface area contributed by atoms with E-state index >= 15 is 0 Å². The largest absolute Gasteiger partial charge is 0.388 e. The number of thioether (sulfide) groups is 1. The number of rotatable bonds is 6. The number of benzene rings is 1. The van der Waals surface area contributed by atoms with Crippen molar-refractivity contribution in [2.45, 2.75) is 37.0 Å². The molecule has 1 aliphatic rings. The molecular weight excluding hydrogens is 272 g/mol. The second kappa shape index (κ2) is 5.97. The zero-order chi connectivity index (χ0) is 13.9. The molecule has 0 unspecified atom stereocenters. The van der Waals surface area contributed by atoms with Gasteiger partial charge in [0.15, 0.2) is 5.82 Å². The zero-order valence-electron chi connectivity index (χ0n) is 11.4. The summed E-state index contributed by atoms with van der Waals surface area (Å²) in [5.74, 6) is 2.64. The molecule has 2 aromatic rings. The Morgan fingerprint density at radius 3 is 2.80 bits per heavy atom. The maximum absolute atomic E-state index is 10.1. The lowest BCUT2D eigenvalue weighted by Gasteiger charge is -2.12. The highest BCUT2D eigenvalue weighted by Gasteiger charge is 2.29. The van der Waals surface area contributed by atoms with Crippen LogP contribution in [0.4, 0.5) is 0 Å². The Morgan fingerprint density at radius 2 is 2.10 bits per heavy atom. The number of hydrogen-bond donors (Lipinski definition) is 1. The highest BCUT2D eigenvalue weighted by Crippen LogP contribution is 2.39. The number of hydrogen-bond acceptors (Lipinski definition) is 5. The minimum absolute atomic E-state index is 0.105. The van der Waals surface area contributed by atoms with Gasteiger partial charge in [-0.3, -0.25) is 0 Å². The van der Waals surface area contributed by atoms with Crippen LogP contribution < -0.4 is 0 Å². The fraction of sp³-hybridized carbons (Fsp3) is 0.467. The van der Waals surface area contributed by atoms with Crippen molar-refractivity contribution in [3.8, 4) is 0 Å². The number of aromatic nitrogens is 2. The van der Waals surface area contributed by atoms with E-state index in [1.54, 1.807) is 11.8 Å². The quantitative estimate of drug-likeness (QED) is 0.882. The highest BCUT2D eigenvalue weighted by atomic mass is 32.2. The molecule has 5 heteroatoms. The minimum atomic E-state index is -0.463. The third-order valence-corrected chi connectivity index (χ3v) is 4.65. The third kappa shape index (κ3) is 3.22. The van der Waals surface area contributed by atoms with Gasteiger partial charge in [0.1, 0.15) is 0 Å². The molecule has 0 amide bonds. The molecule has 0 aliphatic heterocycles. The molecule has 0 radical (unpaired) electrons. The lowest BCUT2D eigenvalue weighted by atomic mass is 10.1. The maximum atomic E-state index is 10.1. The smallest absolute Gasteiger partial charge is 0.239 e. The van der Waals surface area contributed by atoms with E-state index in [1.165, 1.54) is 12.8 Å². The molecule has 1 aromatic heterocycles. The molecular formula is C15H18N2O2S. The molecule has 4 nitrogen and oxygen atoms in total. The SMILES string of the molecule is C[C@@H](SC[C@H](O)c1ccccc1)c1nc(C2CC2)no1. The van der Waals surface area contributed by atoms with Crippen LogP contribution in [0.1, 0.15) is 54.3 Å². The lowest BCUT2D eigenvalue weighted by Crippen LogP contribution is -2.02. The third-order valence-electron chi connectivity index (χ3n) is 3.44. The molecule has 1 aliphatic carbocycles. The van der Waals surface area contributed by atoms with E-state index in [1.807, 2.05) is 37.3 Å². The maximum Gasteiger partial charge on any atom is 0.239 e. The van der Waals surface area contributed by atoms with Gasteiger partial charge in [-0.25, -0.2) is 0 Å². The van der Waals surface area contributed by atoms with Crippen LogP contribution in [-0.2, 0) is 0 Å². The van der Waals surface area contributed by atoms with Gasteiger partial charge >= 0.3 is 0 Å². The van der Waals surface area contributed by atoms with Gasteiger partial charge in [0.05, 0.1) is 11.4 Å². The van der Waals surface area contributed by atoms with E-state index in [4.69, 9.17) is 4.52 Å². The van der Waals surface area contributed by atoms with Crippen molar-refractivity contribution >= 4 is 11.8 Å². The minimum Gasteiger partial charge on any atom is -0.388 e. The number of aliphatic hydroxyl groups is 1. The normalized spacial score (nSPS) is 17.9. The van der Waals surface area contributed by atoms with Crippen molar-refractivity contribution in [3.63, 3.8) is 0 Å². The molecule has 106 valence electrons. The summed E-state index contributed by atoms with van der Waals surface area (Å²) in [5, 5.41) is 14.3. The first-order valence-corrected chi connectivity index (χ1v) is 7.97. The molecule has 1 aromatic carbocycles. The van der Waals surface area contributed by atoms with E-state index in [-0.39, 0.29) is 5.25 Å². The topological polar surface area (TPSA) is 59.2 Å². The molecule has 0 bridgehead atoms. The van der Waals surface area contributed by atoms with Gasteiger partial charge in [0.25, 0.3) is 0 Å². The van der Waals surface area contributed by atoms with Gasteiger partial charge in [-0.05, 0) is 25.3 Å². The van der Waals surface area contributed by atoms with Crippen LogP contribution >= 0.6 is 11.8 Å². The second-order valence-electron chi connectivity index (χ2n) is 5.17. The van der Waals surface area contributed by atoms with Gasteiger partial charge in [0, 0.05) is 11.7 Å². The molecule has 1 saturated carbocycles. The highest BCUT2D eigenvalue weighted by molar-refractivity contribution is 7.99. The van der Waals surface area contributed by atoms with E-state index in [0.29, 0.717) is 17.6 Å². The summed E-state index contributed by atoms with van der Waals surface area (Å²) in [6.07, 6.45) is 1.88. The second-order valence-corrected chi connectivity index (χ2v) is 6.54. The van der Waals surface area contributed by atoms with Gasteiger partial charge in [-0.15, -0.1) is 11.8 Å².